The first kappa shape index (κ1) is 24.6. The summed E-state index contributed by atoms with van der Waals surface area (Å²) in [6.45, 7) is 9.15. The van der Waals surface area contributed by atoms with Gasteiger partial charge in [0.25, 0.3) is 6.41 Å². The van der Waals surface area contributed by atoms with Crippen LogP contribution in [0, 0.1) is 5.92 Å². The molecule has 0 aliphatic carbocycles. The van der Waals surface area contributed by atoms with Crippen molar-refractivity contribution in [1.29, 1.82) is 0 Å². The van der Waals surface area contributed by atoms with Crippen LogP contribution in [0.2, 0.25) is 0 Å². The number of hydrogen-bond acceptors (Lipinski definition) is 8. The fourth-order valence-electron chi connectivity index (χ4n) is 3.20. The van der Waals surface area contributed by atoms with Gasteiger partial charge in [0, 0.05) is 0 Å². The first-order valence-electron chi connectivity index (χ1n) is 10.4. The molecule has 1 aliphatic rings. The highest BCUT2D eigenvalue weighted by Gasteiger charge is 2.44. The Kier molecular flexibility index (Phi) is 9.06. The highest BCUT2D eigenvalue weighted by atomic mass is 16.7. The van der Waals surface area contributed by atoms with Crippen LogP contribution in [0.15, 0.2) is 30.3 Å². The summed E-state index contributed by atoms with van der Waals surface area (Å²) in [6.07, 6.45) is -2.21. The maximum atomic E-state index is 12.4. The molecule has 0 amide bonds. The van der Waals surface area contributed by atoms with Crippen LogP contribution in [-0.2, 0) is 19.0 Å². The first-order valence-corrected chi connectivity index (χ1v) is 10.4. The van der Waals surface area contributed by atoms with E-state index in [-0.39, 0.29) is 19.3 Å². The molecule has 6 atom stereocenters. The predicted molar refractivity (Wildman–Crippen MR) is 111 cm³/mol. The second-order valence-electron chi connectivity index (χ2n) is 8.51. The maximum absolute atomic E-state index is 12.4. The van der Waals surface area contributed by atoms with E-state index < -0.39 is 36.2 Å². The second-order valence-corrected chi connectivity index (χ2v) is 8.51. The van der Waals surface area contributed by atoms with Crippen molar-refractivity contribution in [3.63, 3.8) is 0 Å². The van der Waals surface area contributed by atoms with Crippen LogP contribution >= 0.6 is 0 Å². The molecule has 170 valence electrons. The van der Waals surface area contributed by atoms with Gasteiger partial charge in [0.2, 0.25) is 0 Å². The van der Waals surface area contributed by atoms with Crippen LogP contribution in [0.1, 0.15) is 41.0 Å². The third kappa shape index (κ3) is 7.52. The molecule has 8 heteroatoms. The SMILES string of the molecule is CC(C)CC(C)OC(=O)[C@H](C)N[C@@H](OCC1OC[C@](C)(O)[C@@H]1O)Oc1ccccc1. The number of aliphatic hydroxyl groups excluding tert-OH is 1. The van der Waals surface area contributed by atoms with E-state index in [0.29, 0.717) is 11.7 Å². The van der Waals surface area contributed by atoms with Crippen molar-refractivity contribution in [2.45, 2.75) is 77.4 Å². The minimum absolute atomic E-state index is 0.0102. The minimum atomic E-state index is -1.33. The monoisotopic (exact) mass is 425 g/mol. The summed E-state index contributed by atoms with van der Waals surface area (Å²) in [5.41, 5.74) is -1.33. The van der Waals surface area contributed by atoms with Crippen molar-refractivity contribution in [3.05, 3.63) is 30.3 Å². The molecule has 0 saturated carbocycles. The molecule has 1 aromatic carbocycles. The van der Waals surface area contributed by atoms with Gasteiger partial charge in [0.15, 0.2) is 0 Å². The quantitative estimate of drug-likeness (QED) is 0.364. The number of nitrogens with one attached hydrogen (secondary N) is 1. The Bertz CT molecular complexity index is 652. The molecule has 0 spiro atoms. The fraction of sp³-hybridized carbons (Fsp3) is 0.682. The lowest BCUT2D eigenvalue weighted by atomic mass is 10.00. The van der Waals surface area contributed by atoms with Gasteiger partial charge in [0.1, 0.15) is 29.6 Å². The molecule has 0 bridgehead atoms. The summed E-state index contributed by atoms with van der Waals surface area (Å²) in [5.74, 6) is 0.556. The van der Waals surface area contributed by atoms with Crippen molar-refractivity contribution < 1.29 is 34.0 Å². The third-order valence-corrected chi connectivity index (χ3v) is 4.84. The lowest BCUT2D eigenvalue weighted by Gasteiger charge is -2.27. The molecule has 1 aliphatic heterocycles. The molecule has 3 N–H and O–H groups in total. The summed E-state index contributed by atoms with van der Waals surface area (Å²) in [5, 5.41) is 23.2. The molecule has 1 saturated heterocycles. The molecule has 0 aromatic heterocycles. The lowest BCUT2D eigenvalue weighted by Crippen LogP contribution is -2.49. The molecule has 2 rings (SSSR count). The van der Waals surface area contributed by atoms with Crippen LogP contribution in [0.3, 0.4) is 0 Å². The normalized spacial score (nSPS) is 26.9. The summed E-state index contributed by atoms with van der Waals surface area (Å²) in [4.78, 5) is 12.4. The Labute approximate surface area is 178 Å². The van der Waals surface area contributed by atoms with Gasteiger partial charge < -0.3 is 29.2 Å². The zero-order valence-corrected chi connectivity index (χ0v) is 18.4. The number of carbonyl (C=O) groups is 1. The maximum Gasteiger partial charge on any atom is 0.323 e. The molecular weight excluding hydrogens is 390 g/mol. The molecule has 1 aromatic rings. The fourth-order valence-corrected chi connectivity index (χ4v) is 3.20. The van der Waals surface area contributed by atoms with Crippen molar-refractivity contribution in [1.82, 2.24) is 5.32 Å². The molecule has 0 radical (unpaired) electrons. The highest BCUT2D eigenvalue weighted by Crippen LogP contribution is 2.24. The van der Waals surface area contributed by atoms with Crippen molar-refractivity contribution in [3.8, 4) is 5.75 Å². The van der Waals surface area contributed by atoms with Gasteiger partial charge in [0.05, 0.1) is 19.3 Å². The first-order chi connectivity index (χ1) is 14.1. The van der Waals surface area contributed by atoms with Crippen LogP contribution in [0.5, 0.6) is 5.75 Å². The number of benzene rings is 1. The van der Waals surface area contributed by atoms with Crippen molar-refractivity contribution >= 4 is 5.97 Å². The summed E-state index contributed by atoms with van der Waals surface area (Å²) < 4.78 is 22.5. The second kappa shape index (κ2) is 11.1. The third-order valence-electron chi connectivity index (χ3n) is 4.84. The van der Waals surface area contributed by atoms with Crippen LogP contribution in [0.4, 0.5) is 0 Å². The predicted octanol–water partition coefficient (Wildman–Crippen LogP) is 1.83. The van der Waals surface area contributed by atoms with Gasteiger partial charge in [-0.25, -0.2) is 5.32 Å². The van der Waals surface area contributed by atoms with Crippen molar-refractivity contribution in [2.75, 3.05) is 13.2 Å². The topological polar surface area (TPSA) is 106 Å². The van der Waals surface area contributed by atoms with Gasteiger partial charge in [-0.05, 0) is 45.2 Å². The van der Waals surface area contributed by atoms with E-state index in [2.05, 4.69) is 19.2 Å². The largest absolute Gasteiger partial charge is 0.462 e. The Hall–Kier alpha value is -1.71. The molecule has 30 heavy (non-hydrogen) atoms. The van der Waals surface area contributed by atoms with E-state index in [4.69, 9.17) is 18.9 Å². The Morgan fingerprint density at radius 1 is 1.27 bits per heavy atom. The lowest BCUT2D eigenvalue weighted by molar-refractivity contribution is -0.162. The zero-order chi connectivity index (χ0) is 22.3. The smallest absolute Gasteiger partial charge is 0.323 e. The number of rotatable bonds is 11. The minimum Gasteiger partial charge on any atom is -0.462 e. The average Bonchev–Trinajstić information content (AvgIpc) is 2.92. The van der Waals surface area contributed by atoms with Gasteiger partial charge in [-0.15, -0.1) is 0 Å². The average molecular weight is 426 g/mol. The van der Waals surface area contributed by atoms with E-state index in [1.165, 1.54) is 6.92 Å². The standard InChI is InChI=1S/C22H35NO7/c1-14(2)11-15(3)29-20(25)16(4)23-21(30-17-9-7-6-8-10-17)27-12-18-19(24)22(5,26)13-28-18/h6-10,14-16,18-19,21,23-24,26H,11-13H2,1-5H3/t15?,16-,18?,19+,21-,22-/m0/s1. The molecule has 2 unspecified atom stereocenters. The molecular formula is C22H35NO7. The van der Waals surface area contributed by atoms with E-state index in [1.807, 2.05) is 25.1 Å². The zero-order valence-electron chi connectivity index (χ0n) is 18.4. The highest BCUT2D eigenvalue weighted by molar-refractivity contribution is 5.75. The number of esters is 1. The number of hydrogen-bond donors (Lipinski definition) is 3. The Morgan fingerprint density at radius 2 is 1.93 bits per heavy atom. The molecule has 8 nitrogen and oxygen atoms in total. The Morgan fingerprint density at radius 3 is 2.50 bits per heavy atom. The summed E-state index contributed by atoms with van der Waals surface area (Å²) in [7, 11) is 0. The van der Waals surface area contributed by atoms with Gasteiger partial charge in [-0.3, -0.25) is 4.79 Å². The number of para-hydroxylation sites is 1. The van der Waals surface area contributed by atoms with Crippen molar-refractivity contribution in [2.24, 2.45) is 5.92 Å². The summed E-state index contributed by atoms with van der Waals surface area (Å²) >= 11 is 0. The van der Waals surface area contributed by atoms with Crippen LogP contribution in [-0.4, -0.2) is 65.8 Å². The number of aliphatic hydroxyl groups is 2. The number of carbonyl (C=O) groups excluding carboxylic acids is 1. The molecule has 1 heterocycles. The molecule has 1 fully saturated rings. The van der Waals surface area contributed by atoms with Gasteiger partial charge >= 0.3 is 5.97 Å². The van der Waals surface area contributed by atoms with E-state index in [9.17, 15) is 15.0 Å². The van der Waals surface area contributed by atoms with Gasteiger partial charge in [-0.1, -0.05) is 32.0 Å². The van der Waals surface area contributed by atoms with Crippen LogP contribution in [0.25, 0.3) is 0 Å². The van der Waals surface area contributed by atoms with Crippen LogP contribution < -0.4 is 10.1 Å². The Balaban J connectivity index is 1.96. The summed E-state index contributed by atoms with van der Waals surface area (Å²) in [6, 6.07) is 8.33. The van der Waals surface area contributed by atoms with E-state index >= 15 is 0 Å². The van der Waals surface area contributed by atoms with E-state index in [1.54, 1.807) is 19.1 Å². The van der Waals surface area contributed by atoms with E-state index in [0.717, 1.165) is 6.42 Å². The number of ether oxygens (including phenoxy) is 4. The van der Waals surface area contributed by atoms with Gasteiger partial charge in [-0.2, -0.15) is 0 Å².